The van der Waals surface area contributed by atoms with Crippen LogP contribution in [0.25, 0.3) is 0 Å². The predicted octanol–water partition coefficient (Wildman–Crippen LogP) is 6.34. The zero-order valence-corrected chi connectivity index (χ0v) is 20.4. The number of carbonyl (C=O) groups is 1. The van der Waals surface area contributed by atoms with Crippen LogP contribution in [0, 0.1) is 12.8 Å². The molecule has 1 amide bonds. The van der Waals surface area contributed by atoms with Gasteiger partial charge in [-0.1, -0.05) is 56.0 Å². The number of carbonyl (C=O) groups excluding carboxylic acids is 1. The van der Waals surface area contributed by atoms with Gasteiger partial charge in [0.05, 0.1) is 12.0 Å². The predicted molar refractivity (Wildman–Crippen MR) is 136 cm³/mol. The minimum atomic E-state index is -0.425. The summed E-state index contributed by atoms with van der Waals surface area (Å²) in [6, 6.07) is 16.4. The van der Waals surface area contributed by atoms with Crippen LogP contribution in [0.1, 0.15) is 69.4 Å². The molecule has 0 radical (unpaired) electrons. The molecule has 2 aromatic carbocycles. The van der Waals surface area contributed by atoms with E-state index in [0.29, 0.717) is 0 Å². The Morgan fingerprint density at radius 1 is 1.06 bits per heavy atom. The maximum Gasteiger partial charge on any atom is 0.235 e. The summed E-state index contributed by atoms with van der Waals surface area (Å²) >= 11 is 0. The molecule has 4 heteroatoms. The minimum Gasteiger partial charge on any atom is -0.494 e. The van der Waals surface area contributed by atoms with Crippen molar-refractivity contribution in [3.05, 3.63) is 59.7 Å². The lowest BCUT2D eigenvalue weighted by Gasteiger charge is -2.36. The van der Waals surface area contributed by atoms with E-state index in [9.17, 15) is 4.79 Å². The first kappa shape index (κ1) is 23.8. The van der Waals surface area contributed by atoms with Gasteiger partial charge in [-0.2, -0.15) is 0 Å². The summed E-state index contributed by atoms with van der Waals surface area (Å²) in [5.74, 6) is 1.87. The molecule has 1 aliphatic carbocycles. The van der Waals surface area contributed by atoms with Crippen LogP contribution in [0.4, 0.5) is 5.69 Å². The first-order valence-corrected chi connectivity index (χ1v) is 12.9. The third kappa shape index (κ3) is 6.17. The quantitative estimate of drug-likeness (QED) is 0.479. The lowest BCUT2D eigenvalue weighted by atomic mass is 9.68. The Hall–Kier alpha value is -2.33. The fourth-order valence-electron chi connectivity index (χ4n) is 5.39. The monoisotopic (exact) mass is 448 g/mol. The Morgan fingerprint density at radius 2 is 1.79 bits per heavy atom. The number of piperidine rings is 1. The van der Waals surface area contributed by atoms with Crippen LogP contribution in [0.15, 0.2) is 48.5 Å². The standard InChI is InChI=1S/C29H40N2O2/c1-23-14-19-31(20-15-23)18-7-21-33-27-12-10-26(11-13-27)30-28(32)29(16-4-3-5-17-29)25-9-6-8-24(2)22-25/h6,8-13,22-23H,3-5,7,14-21H2,1-2H3,(H,30,32). The van der Waals surface area contributed by atoms with E-state index in [1.165, 1.54) is 37.9 Å². The molecule has 33 heavy (non-hydrogen) atoms. The van der Waals surface area contributed by atoms with E-state index in [2.05, 4.69) is 48.3 Å². The first-order valence-electron chi connectivity index (χ1n) is 12.9. The molecule has 2 aromatic rings. The van der Waals surface area contributed by atoms with E-state index in [1.54, 1.807) is 0 Å². The summed E-state index contributed by atoms with van der Waals surface area (Å²) in [7, 11) is 0. The number of ether oxygens (including phenoxy) is 1. The summed E-state index contributed by atoms with van der Waals surface area (Å²) in [5.41, 5.74) is 2.78. The highest BCUT2D eigenvalue weighted by molar-refractivity contribution is 5.99. The number of hydrogen-bond donors (Lipinski definition) is 1. The molecular formula is C29H40N2O2. The van der Waals surface area contributed by atoms with Crippen LogP contribution in [-0.4, -0.2) is 37.0 Å². The Labute approximate surface area is 199 Å². The zero-order valence-electron chi connectivity index (χ0n) is 20.4. The van der Waals surface area contributed by atoms with Crippen LogP contribution in [0.3, 0.4) is 0 Å². The van der Waals surface area contributed by atoms with Crippen molar-refractivity contribution in [1.82, 2.24) is 4.90 Å². The molecule has 1 saturated heterocycles. The van der Waals surface area contributed by atoms with Crippen LogP contribution in [0.5, 0.6) is 5.75 Å². The van der Waals surface area contributed by atoms with E-state index in [-0.39, 0.29) is 5.91 Å². The molecule has 178 valence electrons. The third-order valence-corrected chi connectivity index (χ3v) is 7.59. The summed E-state index contributed by atoms with van der Waals surface area (Å²) in [4.78, 5) is 16.1. The number of nitrogens with zero attached hydrogens (tertiary/aromatic N) is 1. The van der Waals surface area contributed by atoms with Gasteiger partial charge in [0.15, 0.2) is 0 Å². The highest BCUT2D eigenvalue weighted by Gasteiger charge is 2.41. The fourth-order valence-corrected chi connectivity index (χ4v) is 5.39. The minimum absolute atomic E-state index is 0.123. The smallest absolute Gasteiger partial charge is 0.235 e. The van der Waals surface area contributed by atoms with Crippen molar-refractivity contribution in [2.24, 2.45) is 5.92 Å². The highest BCUT2D eigenvalue weighted by atomic mass is 16.5. The molecule has 4 nitrogen and oxygen atoms in total. The lowest BCUT2D eigenvalue weighted by molar-refractivity contribution is -0.122. The Bertz CT molecular complexity index is 894. The van der Waals surface area contributed by atoms with Crippen LogP contribution in [0.2, 0.25) is 0 Å². The van der Waals surface area contributed by atoms with Gasteiger partial charge in [-0.25, -0.2) is 0 Å². The fraction of sp³-hybridized carbons (Fsp3) is 0.552. The summed E-state index contributed by atoms with van der Waals surface area (Å²) in [5, 5.41) is 3.21. The van der Waals surface area contributed by atoms with Crippen molar-refractivity contribution in [2.45, 2.75) is 70.6 Å². The second-order valence-corrected chi connectivity index (χ2v) is 10.2. The molecule has 0 unspecified atom stereocenters. The normalized spacial score (nSPS) is 19.2. The molecule has 1 saturated carbocycles. The zero-order chi connectivity index (χ0) is 23.1. The van der Waals surface area contributed by atoms with Crippen molar-refractivity contribution in [3.8, 4) is 5.75 Å². The van der Waals surface area contributed by atoms with Crippen molar-refractivity contribution >= 4 is 11.6 Å². The summed E-state index contributed by atoms with van der Waals surface area (Å²) in [6.07, 6.45) is 8.93. The summed E-state index contributed by atoms with van der Waals surface area (Å²) in [6.45, 7) is 8.74. The van der Waals surface area contributed by atoms with Crippen molar-refractivity contribution < 1.29 is 9.53 Å². The maximum atomic E-state index is 13.5. The second-order valence-electron chi connectivity index (χ2n) is 10.2. The van der Waals surface area contributed by atoms with Gasteiger partial charge in [-0.05, 0) is 87.9 Å². The van der Waals surface area contributed by atoms with E-state index in [4.69, 9.17) is 4.74 Å². The molecule has 0 spiro atoms. The number of likely N-dealkylation sites (tertiary alicyclic amines) is 1. The highest BCUT2D eigenvalue weighted by Crippen LogP contribution is 2.40. The number of rotatable bonds is 8. The van der Waals surface area contributed by atoms with Crippen molar-refractivity contribution in [2.75, 3.05) is 31.6 Å². The molecule has 1 aliphatic heterocycles. The van der Waals surface area contributed by atoms with Gasteiger partial charge in [0.25, 0.3) is 0 Å². The van der Waals surface area contributed by atoms with Gasteiger partial charge in [0, 0.05) is 12.2 Å². The molecule has 2 fully saturated rings. The lowest BCUT2D eigenvalue weighted by Crippen LogP contribution is -2.42. The molecule has 2 aliphatic rings. The van der Waals surface area contributed by atoms with Crippen molar-refractivity contribution in [1.29, 1.82) is 0 Å². The van der Waals surface area contributed by atoms with Gasteiger partial charge in [-0.3, -0.25) is 4.79 Å². The van der Waals surface area contributed by atoms with Crippen LogP contribution < -0.4 is 10.1 Å². The van der Waals surface area contributed by atoms with Gasteiger partial charge in [0.2, 0.25) is 5.91 Å². The Kier molecular flexibility index (Phi) is 8.08. The van der Waals surface area contributed by atoms with Crippen LogP contribution >= 0.6 is 0 Å². The van der Waals surface area contributed by atoms with Gasteiger partial charge >= 0.3 is 0 Å². The van der Waals surface area contributed by atoms with Gasteiger partial charge < -0.3 is 15.0 Å². The molecule has 0 aromatic heterocycles. The van der Waals surface area contributed by atoms with E-state index < -0.39 is 5.41 Å². The Balaban J connectivity index is 1.30. The first-order chi connectivity index (χ1) is 16.0. The average molecular weight is 449 g/mol. The van der Waals surface area contributed by atoms with Gasteiger partial charge in [-0.15, -0.1) is 0 Å². The molecule has 1 heterocycles. The number of hydrogen-bond acceptors (Lipinski definition) is 3. The maximum absolute atomic E-state index is 13.5. The number of anilines is 1. The molecule has 4 rings (SSSR count). The molecule has 1 N–H and O–H groups in total. The number of nitrogens with one attached hydrogen (secondary N) is 1. The molecule has 0 atom stereocenters. The molecule has 0 bridgehead atoms. The average Bonchev–Trinajstić information content (AvgIpc) is 2.84. The van der Waals surface area contributed by atoms with E-state index in [0.717, 1.165) is 68.2 Å². The number of aryl methyl sites for hydroxylation is 1. The Morgan fingerprint density at radius 3 is 2.48 bits per heavy atom. The largest absolute Gasteiger partial charge is 0.494 e. The SMILES string of the molecule is Cc1cccc(C2(C(=O)Nc3ccc(OCCCN4CCC(C)CC4)cc3)CCCCC2)c1. The topological polar surface area (TPSA) is 41.6 Å². The third-order valence-electron chi connectivity index (χ3n) is 7.59. The summed E-state index contributed by atoms with van der Waals surface area (Å²) < 4.78 is 5.96. The van der Waals surface area contributed by atoms with Crippen LogP contribution in [-0.2, 0) is 10.2 Å². The molecular weight excluding hydrogens is 408 g/mol. The number of benzene rings is 2. The van der Waals surface area contributed by atoms with Crippen molar-refractivity contribution in [3.63, 3.8) is 0 Å². The second kappa shape index (κ2) is 11.2. The van der Waals surface area contributed by atoms with E-state index in [1.807, 2.05) is 24.3 Å². The van der Waals surface area contributed by atoms with E-state index >= 15 is 0 Å². The number of amides is 1. The van der Waals surface area contributed by atoms with Gasteiger partial charge in [0.1, 0.15) is 5.75 Å².